The summed E-state index contributed by atoms with van der Waals surface area (Å²) in [6.45, 7) is 3.90. The zero-order chi connectivity index (χ0) is 17.4. The summed E-state index contributed by atoms with van der Waals surface area (Å²) in [5, 5.41) is 0. The Morgan fingerprint density at radius 3 is 2.35 bits per heavy atom. The van der Waals surface area contributed by atoms with Gasteiger partial charge in [0.25, 0.3) is 0 Å². The van der Waals surface area contributed by atoms with Gasteiger partial charge in [-0.1, -0.05) is 17.7 Å². The molecule has 23 heavy (non-hydrogen) atoms. The number of amides is 1. The highest BCUT2D eigenvalue weighted by Gasteiger charge is 2.41. The first-order chi connectivity index (χ1) is 10.6. The van der Waals surface area contributed by atoms with Gasteiger partial charge in [-0.05, 0) is 31.9 Å². The molecule has 126 valence electrons. The van der Waals surface area contributed by atoms with Crippen molar-refractivity contribution in [2.75, 3.05) is 13.1 Å². The standard InChI is InChI=1S/C16H18F3NO3/c1-9-4-10(2)14(11(3)5-9)23-15(22)12-6-13(21)20(7-12)8-16(17,18)19/h4-5,12H,6-8H2,1-3H3. The lowest BCUT2D eigenvalue weighted by atomic mass is 10.1. The SMILES string of the molecule is Cc1cc(C)c(OC(=O)C2CC(=O)N(CC(F)(F)F)C2)c(C)c1. The fourth-order valence-electron chi connectivity index (χ4n) is 2.81. The first-order valence-corrected chi connectivity index (χ1v) is 7.21. The van der Waals surface area contributed by atoms with E-state index in [4.69, 9.17) is 4.74 Å². The van der Waals surface area contributed by atoms with Gasteiger partial charge < -0.3 is 9.64 Å². The second-order valence-corrected chi connectivity index (χ2v) is 5.94. The number of benzene rings is 1. The number of alkyl halides is 3. The van der Waals surface area contributed by atoms with Crippen LogP contribution in [0.15, 0.2) is 12.1 Å². The lowest BCUT2D eigenvalue weighted by Crippen LogP contribution is -2.36. The third-order valence-corrected chi connectivity index (χ3v) is 3.73. The van der Waals surface area contributed by atoms with Crippen molar-refractivity contribution in [1.29, 1.82) is 0 Å². The Morgan fingerprint density at radius 1 is 1.26 bits per heavy atom. The van der Waals surface area contributed by atoms with Crippen molar-refractivity contribution in [1.82, 2.24) is 4.90 Å². The molecule has 7 heteroatoms. The Labute approximate surface area is 132 Å². The summed E-state index contributed by atoms with van der Waals surface area (Å²) in [7, 11) is 0. The van der Waals surface area contributed by atoms with E-state index in [9.17, 15) is 22.8 Å². The number of hydrogen-bond acceptors (Lipinski definition) is 3. The molecule has 1 aliphatic heterocycles. The first kappa shape index (κ1) is 17.3. The molecule has 1 aromatic carbocycles. The van der Waals surface area contributed by atoms with E-state index in [0.29, 0.717) is 10.6 Å². The lowest BCUT2D eigenvalue weighted by Gasteiger charge is -2.18. The summed E-state index contributed by atoms with van der Waals surface area (Å²) >= 11 is 0. The number of halogens is 3. The maximum atomic E-state index is 12.4. The number of likely N-dealkylation sites (tertiary alicyclic amines) is 1. The summed E-state index contributed by atoms with van der Waals surface area (Å²) in [5.41, 5.74) is 2.56. The Hall–Kier alpha value is -2.05. The molecule has 0 spiro atoms. The molecule has 1 saturated heterocycles. The van der Waals surface area contributed by atoms with Gasteiger partial charge in [-0.15, -0.1) is 0 Å². The molecule has 0 aromatic heterocycles. The molecule has 0 N–H and O–H groups in total. The van der Waals surface area contributed by atoms with Gasteiger partial charge in [0.2, 0.25) is 5.91 Å². The largest absolute Gasteiger partial charge is 0.426 e. The van der Waals surface area contributed by atoms with Crippen LogP contribution in [0, 0.1) is 26.7 Å². The predicted octanol–water partition coefficient (Wildman–Crippen LogP) is 2.93. The van der Waals surface area contributed by atoms with E-state index in [-0.39, 0.29) is 13.0 Å². The Balaban J connectivity index is 2.07. The van der Waals surface area contributed by atoms with E-state index in [2.05, 4.69) is 0 Å². The van der Waals surface area contributed by atoms with Gasteiger partial charge in [0.1, 0.15) is 12.3 Å². The highest BCUT2D eigenvalue weighted by molar-refractivity contribution is 5.87. The fraction of sp³-hybridized carbons (Fsp3) is 0.500. The molecule has 0 radical (unpaired) electrons. The zero-order valence-corrected chi connectivity index (χ0v) is 13.2. The predicted molar refractivity (Wildman–Crippen MR) is 77.0 cm³/mol. The molecule has 0 aliphatic carbocycles. The van der Waals surface area contributed by atoms with Crippen molar-refractivity contribution in [2.24, 2.45) is 5.92 Å². The quantitative estimate of drug-likeness (QED) is 0.633. The van der Waals surface area contributed by atoms with Crippen molar-refractivity contribution in [3.05, 3.63) is 28.8 Å². The van der Waals surface area contributed by atoms with Crippen molar-refractivity contribution in [3.63, 3.8) is 0 Å². The van der Waals surface area contributed by atoms with Gasteiger partial charge in [-0.3, -0.25) is 9.59 Å². The molecule has 1 unspecified atom stereocenters. The van der Waals surface area contributed by atoms with Crippen LogP contribution >= 0.6 is 0 Å². The number of esters is 1. The normalized spacial score (nSPS) is 18.4. The molecule has 4 nitrogen and oxygen atoms in total. The highest BCUT2D eigenvalue weighted by Crippen LogP contribution is 2.28. The third-order valence-electron chi connectivity index (χ3n) is 3.73. The van der Waals surface area contributed by atoms with E-state index in [1.54, 1.807) is 13.8 Å². The Morgan fingerprint density at radius 2 is 1.83 bits per heavy atom. The minimum atomic E-state index is -4.47. The molecule has 1 fully saturated rings. The number of carbonyl (C=O) groups excluding carboxylic acids is 2. The number of rotatable bonds is 3. The van der Waals surface area contributed by atoms with E-state index in [1.165, 1.54) is 0 Å². The minimum absolute atomic E-state index is 0.251. The summed E-state index contributed by atoms with van der Waals surface area (Å²) in [6.07, 6.45) is -4.72. The number of carbonyl (C=O) groups is 2. The molecular weight excluding hydrogens is 311 g/mol. The van der Waals surface area contributed by atoms with Crippen LogP contribution < -0.4 is 4.74 Å². The van der Waals surface area contributed by atoms with Gasteiger partial charge in [0, 0.05) is 13.0 Å². The van der Waals surface area contributed by atoms with Crippen LogP contribution in [0.5, 0.6) is 5.75 Å². The van der Waals surface area contributed by atoms with Gasteiger partial charge in [0.15, 0.2) is 0 Å². The van der Waals surface area contributed by atoms with Gasteiger partial charge >= 0.3 is 12.1 Å². The van der Waals surface area contributed by atoms with E-state index in [1.807, 2.05) is 19.1 Å². The first-order valence-electron chi connectivity index (χ1n) is 7.21. The van der Waals surface area contributed by atoms with E-state index < -0.39 is 30.5 Å². The number of hydrogen-bond donors (Lipinski definition) is 0. The van der Waals surface area contributed by atoms with Gasteiger partial charge in [-0.25, -0.2) is 0 Å². The Kier molecular flexibility index (Phi) is 4.68. The number of ether oxygens (including phenoxy) is 1. The van der Waals surface area contributed by atoms with Crippen molar-refractivity contribution < 1.29 is 27.5 Å². The molecule has 1 aromatic rings. The monoisotopic (exact) mass is 329 g/mol. The van der Waals surface area contributed by atoms with Crippen LogP contribution in [0.3, 0.4) is 0 Å². The van der Waals surface area contributed by atoms with Crippen LogP contribution in [0.2, 0.25) is 0 Å². The van der Waals surface area contributed by atoms with Gasteiger partial charge in [0.05, 0.1) is 5.92 Å². The molecule has 2 rings (SSSR count). The van der Waals surface area contributed by atoms with Crippen molar-refractivity contribution in [2.45, 2.75) is 33.4 Å². The maximum Gasteiger partial charge on any atom is 0.406 e. The van der Waals surface area contributed by atoms with E-state index in [0.717, 1.165) is 16.7 Å². The molecule has 1 aliphatic rings. The smallest absolute Gasteiger partial charge is 0.406 e. The molecule has 1 amide bonds. The maximum absolute atomic E-state index is 12.4. The second kappa shape index (κ2) is 6.22. The summed E-state index contributed by atoms with van der Waals surface area (Å²) in [5.74, 6) is -1.81. The molecule has 0 bridgehead atoms. The number of nitrogens with zero attached hydrogens (tertiary/aromatic N) is 1. The van der Waals surface area contributed by atoms with Crippen LogP contribution in [-0.4, -0.2) is 36.0 Å². The zero-order valence-electron chi connectivity index (χ0n) is 13.2. The lowest BCUT2D eigenvalue weighted by molar-refractivity contribution is -0.157. The molecular formula is C16H18F3NO3. The molecule has 0 saturated carbocycles. The fourth-order valence-corrected chi connectivity index (χ4v) is 2.81. The number of aryl methyl sites for hydroxylation is 3. The Bertz CT molecular complexity index is 617. The van der Waals surface area contributed by atoms with Crippen LogP contribution in [0.4, 0.5) is 13.2 Å². The van der Waals surface area contributed by atoms with Crippen molar-refractivity contribution in [3.8, 4) is 5.75 Å². The molecule has 1 heterocycles. The average molecular weight is 329 g/mol. The topological polar surface area (TPSA) is 46.6 Å². The average Bonchev–Trinajstić information content (AvgIpc) is 2.73. The van der Waals surface area contributed by atoms with Gasteiger partial charge in [-0.2, -0.15) is 13.2 Å². The summed E-state index contributed by atoms with van der Waals surface area (Å²) in [6, 6.07) is 3.71. The highest BCUT2D eigenvalue weighted by atomic mass is 19.4. The second-order valence-electron chi connectivity index (χ2n) is 5.94. The van der Waals surface area contributed by atoms with E-state index >= 15 is 0 Å². The van der Waals surface area contributed by atoms with Crippen LogP contribution in [0.1, 0.15) is 23.1 Å². The minimum Gasteiger partial charge on any atom is -0.426 e. The summed E-state index contributed by atoms with van der Waals surface area (Å²) < 4.78 is 42.5. The van der Waals surface area contributed by atoms with Crippen molar-refractivity contribution >= 4 is 11.9 Å². The third kappa shape index (κ3) is 4.24. The van der Waals surface area contributed by atoms with Crippen LogP contribution in [-0.2, 0) is 9.59 Å². The summed E-state index contributed by atoms with van der Waals surface area (Å²) in [4.78, 5) is 24.4. The van der Waals surface area contributed by atoms with Crippen LogP contribution in [0.25, 0.3) is 0 Å². The molecule has 1 atom stereocenters.